The fourth-order valence-corrected chi connectivity index (χ4v) is 3.73. The predicted octanol–water partition coefficient (Wildman–Crippen LogP) is 4.15. The maximum Gasteiger partial charge on any atom is 0.290 e. The van der Waals surface area contributed by atoms with Gasteiger partial charge in [0.1, 0.15) is 11.3 Å². The second kappa shape index (κ2) is 6.91. The number of rotatable bonds is 5. The van der Waals surface area contributed by atoms with Crippen LogP contribution in [0.25, 0.3) is 11.0 Å². The number of carbonyl (C=O) groups is 1. The molecular weight excluding hydrogens is 342 g/mol. The number of hydrogen-bond acceptors (Lipinski definition) is 4. The Morgan fingerprint density at radius 1 is 1.07 bits per heavy atom. The van der Waals surface area contributed by atoms with Gasteiger partial charge in [-0.2, -0.15) is 0 Å². The van der Waals surface area contributed by atoms with Crippen LogP contribution in [-0.4, -0.2) is 24.0 Å². The molecule has 1 aliphatic heterocycles. The Morgan fingerprint density at radius 3 is 2.67 bits per heavy atom. The van der Waals surface area contributed by atoms with Crippen LogP contribution in [0.1, 0.15) is 48.0 Å². The van der Waals surface area contributed by atoms with Gasteiger partial charge in [-0.3, -0.25) is 9.59 Å². The van der Waals surface area contributed by atoms with Crippen molar-refractivity contribution in [1.82, 2.24) is 4.90 Å². The highest BCUT2D eigenvalue weighted by molar-refractivity contribution is 5.99. The summed E-state index contributed by atoms with van der Waals surface area (Å²) in [5.41, 5.74) is 1.56. The summed E-state index contributed by atoms with van der Waals surface area (Å²) in [4.78, 5) is 28.0. The van der Waals surface area contributed by atoms with Crippen molar-refractivity contribution in [2.45, 2.75) is 26.3 Å². The van der Waals surface area contributed by atoms with Crippen molar-refractivity contribution in [3.63, 3.8) is 0 Å². The molecule has 0 radical (unpaired) electrons. The molecular formula is C22H21NO4. The number of ether oxygens (including phenoxy) is 1. The van der Waals surface area contributed by atoms with Crippen LogP contribution in [0.3, 0.4) is 0 Å². The van der Waals surface area contributed by atoms with Crippen LogP contribution in [0.15, 0.2) is 57.7 Å². The van der Waals surface area contributed by atoms with Gasteiger partial charge in [0.2, 0.25) is 5.76 Å². The largest absolute Gasteiger partial charge is 0.494 e. The van der Waals surface area contributed by atoms with E-state index >= 15 is 0 Å². The number of fused-ring (bicyclic) bond motifs is 2. The van der Waals surface area contributed by atoms with Crippen LogP contribution in [0.4, 0.5) is 0 Å². The smallest absolute Gasteiger partial charge is 0.290 e. The Kier molecular flexibility index (Phi) is 4.44. The molecule has 0 unspecified atom stereocenters. The van der Waals surface area contributed by atoms with E-state index in [1.807, 2.05) is 38.1 Å². The second-order valence-corrected chi connectivity index (χ2v) is 6.58. The summed E-state index contributed by atoms with van der Waals surface area (Å²) in [5.74, 6) is 0.637. The van der Waals surface area contributed by atoms with E-state index < -0.39 is 6.04 Å². The third-order valence-electron chi connectivity index (χ3n) is 4.82. The molecule has 0 spiro atoms. The van der Waals surface area contributed by atoms with E-state index in [2.05, 4.69) is 0 Å². The topological polar surface area (TPSA) is 59.8 Å². The van der Waals surface area contributed by atoms with Crippen molar-refractivity contribution < 1.29 is 13.9 Å². The van der Waals surface area contributed by atoms with Gasteiger partial charge < -0.3 is 14.1 Å². The van der Waals surface area contributed by atoms with Gasteiger partial charge in [-0.15, -0.1) is 0 Å². The van der Waals surface area contributed by atoms with Crippen molar-refractivity contribution >= 4 is 16.9 Å². The molecule has 2 heterocycles. The van der Waals surface area contributed by atoms with E-state index in [-0.39, 0.29) is 17.1 Å². The molecule has 1 aliphatic rings. The number of benzene rings is 2. The van der Waals surface area contributed by atoms with E-state index in [1.165, 1.54) is 0 Å². The Morgan fingerprint density at radius 2 is 1.89 bits per heavy atom. The van der Waals surface area contributed by atoms with E-state index in [0.717, 1.165) is 17.7 Å². The van der Waals surface area contributed by atoms with Gasteiger partial charge in [-0.25, -0.2) is 0 Å². The number of amides is 1. The minimum atomic E-state index is -0.464. The Labute approximate surface area is 157 Å². The average molecular weight is 363 g/mol. The minimum Gasteiger partial charge on any atom is -0.494 e. The first-order valence-corrected chi connectivity index (χ1v) is 9.25. The lowest BCUT2D eigenvalue weighted by molar-refractivity contribution is 0.0728. The number of hydrogen-bond donors (Lipinski definition) is 0. The van der Waals surface area contributed by atoms with Gasteiger partial charge in [0.05, 0.1) is 23.6 Å². The summed E-state index contributed by atoms with van der Waals surface area (Å²) in [6.45, 7) is 5.03. The van der Waals surface area contributed by atoms with Crippen LogP contribution in [0, 0.1) is 0 Å². The lowest BCUT2D eigenvalue weighted by Crippen LogP contribution is -2.30. The standard InChI is InChI=1S/C22H21NO4/c1-3-12-23-19(14-8-7-9-15(13-14)26-4-2)18-20(24)16-10-5-6-11-17(16)27-21(18)22(23)25/h5-11,13,19H,3-4,12H2,1-2H3/t19-/m0/s1. The van der Waals surface area contributed by atoms with E-state index in [0.29, 0.717) is 29.7 Å². The lowest BCUT2D eigenvalue weighted by atomic mass is 9.98. The summed E-state index contributed by atoms with van der Waals surface area (Å²) in [6.07, 6.45) is 0.787. The summed E-state index contributed by atoms with van der Waals surface area (Å²) in [5, 5.41) is 0.494. The molecule has 0 aliphatic carbocycles. The molecule has 5 nitrogen and oxygen atoms in total. The molecule has 0 N–H and O–H groups in total. The zero-order valence-corrected chi connectivity index (χ0v) is 15.4. The lowest BCUT2D eigenvalue weighted by Gasteiger charge is -2.24. The first kappa shape index (κ1) is 17.3. The number of carbonyl (C=O) groups excluding carboxylic acids is 1. The molecule has 1 amide bonds. The molecule has 138 valence electrons. The van der Waals surface area contributed by atoms with Gasteiger partial charge in [0, 0.05) is 6.54 Å². The molecule has 1 atom stereocenters. The summed E-state index contributed by atoms with van der Waals surface area (Å²) in [7, 11) is 0. The quantitative estimate of drug-likeness (QED) is 0.683. The zero-order valence-electron chi connectivity index (χ0n) is 15.4. The first-order chi connectivity index (χ1) is 13.2. The van der Waals surface area contributed by atoms with Gasteiger partial charge in [0.15, 0.2) is 5.43 Å². The zero-order chi connectivity index (χ0) is 19.0. The molecule has 1 aromatic heterocycles. The van der Waals surface area contributed by atoms with Crippen LogP contribution in [-0.2, 0) is 0 Å². The normalized spacial score (nSPS) is 16.0. The van der Waals surface area contributed by atoms with Crippen molar-refractivity contribution in [2.75, 3.05) is 13.2 Å². The number of nitrogens with zero attached hydrogens (tertiary/aromatic N) is 1. The summed E-state index contributed by atoms with van der Waals surface area (Å²) < 4.78 is 11.5. The third kappa shape index (κ3) is 2.79. The average Bonchev–Trinajstić information content (AvgIpc) is 2.96. The monoisotopic (exact) mass is 363 g/mol. The van der Waals surface area contributed by atoms with Crippen LogP contribution >= 0.6 is 0 Å². The number of para-hydroxylation sites is 1. The maximum atomic E-state index is 13.2. The molecule has 3 aromatic rings. The molecule has 0 fully saturated rings. The fraction of sp³-hybridized carbons (Fsp3) is 0.273. The molecule has 0 bridgehead atoms. The highest BCUT2D eigenvalue weighted by Gasteiger charge is 2.42. The molecule has 27 heavy (non-hydrogen) atoms. The highest BCUT2D eigenvalue weighted by atomic mass is 16.5. The SMILES string of the molecule is CCCN1C(=O)c2oc3ccccc3c(=O)c2[C@@H]1c1cccc(OCC)c1. The van der Waals surface area contributed by atoms with Crippen molar-refractivity contribution in [3.05, 3.63) is 75.6 Å². The van der Waals surface area contributed by atoms with Gasteiger partial charge >= 0.3 is 0 Å². The van der Waals surface area contributed by atoms with Crippen LogP contribution in [0.2, 0.25) is 0 Å². The van der Waals surface area contributed by atoms with Crippen LogP contribution in [0.5, 0.6) is 5.75 Å². The first-order valence-electron chi connectivity index (χ1n) is 9.25. The Hall–Kier alpha value is -3.08. The van der Waals surface area contributed by atoms with Crippen molar-refractivity contribution in [2.24, 2.45) is 0 Å². The van der Waals surface area contributed by atoms with E-state index in [4.69, 9.17) is 9.15 Å². The van der Waals surface area contributed by atoms with Crippen molar-refractivity contribution in [3.8, 4) is 5.75 Å². The molecule has 0 saturated heterocycles. The predicted molar refractivity (Wildman–Crippen MR) is 103 cm³/mol. The Balaban J connectivity index is 1.95. The van der Waals surface area contributed by atoms with E-state index in [9.17, 15) is 9.59 Å². The molecule has 5 heteroatoms. The van der Waals surface area contributed by atoms with E-state index in [1.54, 1.807) is 29.2 Å². The third-order valence-corrected chi connectivity index (χ3v) is 4.82. The summed E-state index contributed by atoms with van der Waals surface area (Å²) in [6, 6.07) is 14.2. The molecule has 0 saturated carbocycles. The van der Waals surface area contributed by atoms with Crippen LogP contribution < -0.4 is 10.2 Å². The Bertz CT molecular complexity index is 1070. The maximum absolute atomic E-state index is 13.2. The fourth-order valence-electron chi connectivity index (χ4n) is 3.73. The van der Waals surface area contributed by atoms with Gasteiger partial charge in [-0.1, -0.05) is 31.2 Å². The highest BCUT2D eigenvalue weighted by Crippen LogP contribution is 2.39. The summed E-state index contributed by atoms with van der Waals surface area (Å²) >= 11 is 0. The van der Waals surface area contributed by atoms with Crippen molar-refractivity contribution in [1.29, 1.82) is 0 Å². The second-order valence-electron chi connectivity index (χ2n) is 6.58. The minimum absolute atomic E-state index is 0.148. The van der Waals surface area contributed by atoms with Gasteiger partial charge in [0.25, 0.3) is 5.91 Å². The molecule has 2 aromatic carbocycles. The molecule has 4 rings (SSSR count). The van der Waals surface area contributed by atoms with Gasteiger partial charge in [-0.05, 0) is 43.2 Å².